The predicted octanol–water partition coefficient (Wildman–Crippen LogP) is 0.280. The number of piperidine rings is 1. The number of amides is 1. The maximum absolute atomic E-state index is 12.0. The summed E-state index contributed by atoms with van der Waals surface area (Å²) in [6.07, 6.45) is 7.54. The Morgan fingerprint density at radius 3 is 2.65 bits per heavy atom. The monoisotopic (exact) mass is 237 g/mol. The Kier molecular flexibility index (Phi) is 5.46. The van der Waals surface area contributed by atoms with Gasteiger partial charge in [-0.25, -0.2) is 0 Å². The van der Waals surface area contributed by atoms with E-state index in [1.807, 2.05) is 7.05 Å². The van der Waals surface area contributed by atoms with Gasteiger partial charge in [-0.1, -0.05) is 6.92 Å². The van der Waals surface area contributed by atoms with E-state index in [1.54, 1.807) is 4.90 Å². The normalized spacial score (nSPS) is 19.6. The van der Waals surface area contributed by atoms with Crippen LogP contribution in [0.3, 0.4) is 0 Å². The number of terminal acetylenes is 1. The van der Waals surface area contributed by atoms with Crippen molar-refractivity contribution in [2.45, 2.75) is 38.3 Å². The minimum atomic E-state index is -0.547. The van der Waals surface area contributed by atoms with Gasteiger partial charge in [-0.15, -0.1) is 12.3 Å². The molecule has 1 aliphatic heterocycles. The molecule has 1 saturated heterocycles. The van der Waals surface area contributed by atoms with Crippen molar-refractivity contribution in [3.05, 3.63) is 0 Å². The van der Waals surface area contributed by atoms with Gasteiger partial charge < -0.3 is 15.5 Å². The molecule has 0 spiro atoms. The molecule has 0 radical (unpaired) electrons. The fraction of sp³-hybridized carbons (Fsp3) is 0.769. The lowest BCUT2D eigenvalue weighted by Gasteiger charge is -2.37. The smallest absolute Gasteiger partial charge is 0.240 e. The molecule has 0 aromatic rings. The number of likely N-dealkylation sites (N-methyl/N-ethyl adjacent to an activating group) is 1. The highest BCUT2D eigenvalue weighted by Gasteiger charge is 2.27. The average Bonchev–Trinajstić information content (AvgIpc) is 2.37. The third kappa shape index (κ3) is 3.72. The summed E-state index contributed by atoms with van der Waals surface area (Å²) < 4.78 is 0. The Morgan fingerprint density at radius 2 is 2.18 bits per heavy atom. The molecule has 1 aliphatic rings. The third-order valence-electron chi connectivity index (χ3n) is 3.55. The fourth-order valence-electron chi connectivity index (χ4n) is 2.28. The van der Waals surface area contributed by atoms with E-state index in [4.69, 9.17) is 12.2 Å². The highest BCUT2D eigenvalue weighted by Crippen LogP contribution is 2.15. The first-order valence-electron chi connectivity index (χ1n) is 6.28. The van der Waals surface area contributed by atoms with Crippen molar-refractivity contribution in [1.82, 2.24) is 9.80 Å². The summed E-state index contributed by atoms with van der Waals surface area (Å²) in [5.41, 5.74) is 5.74. The van der Waals surface area contributed by atoms with Crippen molar-refractivity contribution in [3.63, 3.8) is 0 Å². The summed E-state index contributed by atoms with van der Waals surface area (Å²) in [5, 5.41) is 0. The molecule has 0 bridgehead atoms. The van der Waals surface area contributed by atoms with E-state index in [-0.39, 0.29) is 5.91 Å². The van der Waals surface area contributed by atoms with Gasteiger partial charge >= 0.3 is 0 Å². The van der Waals surface area contributed by atoms with Gasteiger partial charge in [0.2, 0.25) is 5.91 Å². The SMILES string of the molecule is C#CCC(N)C(=O)N(C)C1CCN(CC)CC1. The summed E-state index contributed by atoms with van der Waals surface area (Å²) >= 11 is 0. The molecule has 17 heavy (non-hydrogen) atoms. The van der Waals surface area contributed by atoms with Crippen LogP contribution in [-0.4, -0.2) is 54.5 Å². The highest BCUT2D eigenvalue weighted by molar-refractivity contribution is 5.82. The molecule has 0 saturated carbocycles. The zero-order chi connectivity index (χ0) is 12.8. The zero-order valence-electron chi connectivity index (χ0n) is 10.9. The maximum atomic E-state index is 12.0. The van der Waals surface area contributed by atoms with Gasteiger partial charge in [0, 0.05) is 32.6 Å². The summed E-state index contributed by atoms with van der Waals surface area (Å²) in [6, 6.07) is -0.233. The second-order valence-corrected chi connectivity index (χ2v) is 4.63. The largest absolute Gasteiger partial charge is 0.341 e. The Labute approximate surface area is 104 Å². The van der Waals surface area contributed by atoms with Gasteiger partial charge in [-0.3, -0.25) is 4.79 Å². The lowest BCUT2D eigenvalue weighted by atomic mass is 10.0. The molecule has 0 aliphatic carbocycles. The number of likely N-dealkylation sites (tertiary alicyclic amines) is 1. The highest BCUT2D eigenvalue weighted by atomic mass is 16.2. The molecule has 4 nitrogen and oxygen atoms in total. The topological polar surface area (TPSA) is 49.6 Å². The molecule has 1 atom stereocenters. The number of rotatable bonds is 4. The molecular weight excluding hydrogens is 214 g/mol. The van der Waals surface area contributed by atoms with Crippen LogP contribution >= 0.6 is 0 Å². The minimum Gasteiger partial charge on any atom is -0.341 e. The quantitative estimate of drug-likeness (QED) is 0.715. The Hall–Kier alpha value is -1.05. The maximum Gasteiger partial charge on any atom is 0.240 e. The molecule has 1 heterocycles. The first-order valence-corrected chi connectivity index (χ1v) is 6.28. The van der Waals surface area contributed by atoms with E-state index < -0.39 is 6.04 Å². The van der Waals surface area contributed by atoms with Crippen LogP contribution < -0.4 is 5.73 Å². The first kappa shape index (κ1) is 14.0. The molecule has 4 heteroatoms. The Bertz CT molecular complexity index is 290. The van der Waals surface area contributed by atoms with E-state index >= 15 is 0 Å². The molecule has 1 unspecified atom stereocenters. The van der Waals surface area contributed by atoms with Crippen molar-refractivity contribution in [3.8, 4) is 12.3 Å². The average molecular weight is 237 g/mol. The van der Waals surface area contributed by atoms with Gasteiger partial charge in [0.15, 0.2) is 0 Å². The molecule has 0 aromatic carbocycles. The molecule has 2 N–H and O–H groups in total. The van der Waals surface area contributed by atoms with Crippen LogP contribution in [0.1, 0.15) is 26.2 Å². The predicted molar refractivity (Wildman–Crippen MR) is 69.3 cm³/mol. The van der Waals surface area contributed by atoms with Gasteiger partial charge in [0.25, 0.3) is 0 Å². The van der Waals surface area contributed by atoms with Crippen molar-refractivity contribution >= 4 is 5.91 Å². The van der Waals surface area contributed by atoms with Crippen molar-refractivity contribution in [2.24, 2.45) is 5.73 Å². The number of nitrogens with zero attached hydrogens (tertiary/aromatic N) is 2. The molecule has 1 fully saturated rings. The molecule has 96 valence electrons. The number of hydrogen-bond acceptors (Lipinski definition) is 3. The van der Waals surface area contributed by atoms with Crippen LogP contribution in [-0.2, 0) is 4.79 Å². The van der Waals surface area contributed by atoms with Crippen LogP contribution in [0.5, 0.6) is 0 Å². The van der Waals surface area contributed by atoms with Crippen LogP contribution in [0.4, 0.5) is 0 Å². The van der Waals surface area contributed by atoms with Crippen LogP contribution in [0, 0.1) is 12.3 Å². The van der Waals surface area contributed by atoms with E-state index in [1.165, 1.54) is 0 Å². The second-order valence-electron chi connectivity index (χ2n) is 4.63. The lowest BCUT2D eigenvalue weighted by Crippen LogP contribution is -2.50. The van der Waals surface area contributed by atoms with Crippen molar-refractivity contribution in [1.29, 1.82) is 0 Å². The zero-order valence-corrected chi connectivity index (χ0v) is 10.9. The van der Waals surface area contributed by atoms with E-state index in [0.29, 0.717) is 12.5 Å². The lowest BCUT2D eigenvalue weighted by molar-refractivity contribution is -0.134. The van der Waals surface area contributed by atoms with E-state index in [0.717, 1.165) is 32.5 Å². The Balaban J connectivity index is 2.45. The standard InChI is InChI=1S/C13H23N3O/c1-4-6-12(14)13(17)15(3)11-7-9-16(5-2)10-8-11/h1,11-12H,5-10,14H2,2-3H3. The van der Waals surface area contributed by atoms with Gasteiger partial charge in [-0.2, -0.15) is 0 Å². The van der Waals surface area contributed by atoms with E-state index in [2.05, 4.69) is 17.7 Å². The van der Waals surface area contributed by atoms with Crippen molar-refractivity contribution < 1.29 is 4.79 Å². The summed E-state index contributed by atoms with van der Waals surface area (Å²) in [4.78, 5) is 16.2. The van der Waals surface area contributed by atoms with Gasteiger partial charge in [-0.05, 0) is 19.4 Å². The molecule has 1 amide bonds. The van der Waals surface area contributed by atoms with E-state index in [9.17, 15) is 4.79 Å². The number of hydrogen-bond donors (Lipinski definition) is 1. The van der Waals surface area contributed by atoms with Crippen LogP contribution in [0.15, 0.2) is 0 Å². The van der Waals surface area contributed by atoms with Crippen LogP contribution in [0.25, 0.3) is 0 Å². The molecule has 0 aromatic heterocycles. The minimum absolute atomic E-state index is 0.0297. The van der Waals surface area contributed by atoms with Gasteiger partial charge in [0.05, 0.1) is 6.04 Å². The van der Waals surface area contributed by atoms with Gasteiger partial charge in [0.1, 0.15) is 0 Å². The second kappa shape index (κ2) is 6.63. The van der Waals surface area contributed by atoms with Crippen molar-refractivity contribution in [2.75, 3.05) is 26.7 Å². The Morgan fingerprint density at radius 1 is 1.59 bits per heavy atom. The summed E-state index contributed by atoms with van der Waals surface area (Å²) in [6.45, 7) is 5.37. The molecular formula is C13H23N3O. The third-order valence-corrected chi connectivity index (χ3v) is 3.55. The number of carbonyl (C=O) groups excluding carboxylic acids is 1. The summed E-state index contributed by atoms with van der Waals surface area (Å²) in [7, 11) is 1.84. The first-order chi connectivity index (χ1) is 8.10. The number of carbonyl (C=O) groups is 1. The number of nitrogens with two attached hydrogens (primary N) is 1. The van der Waals surface area contributed by atoms with Crippen LogP contribution in [0.2, 0.25) is 0 Å². The summed E-state index contributed by atoms with van der Waals surface area (Å²) in [5.74, 6) is 2.41. The molecule has 1 rings (SSSR count). The fourth-order valence-corrected chi connectivity index (χ4v) is 2.28.